The summed E-state index contributed by atoms with van der Waals surface area (Å²) in [6, 6.07) is 0.366. The lowest BCUT2D eigenvalue weighted by Gasteiger charge is -2.39. The molecule has 3 fully saturated rings. The quantitative estimate of drug-likeness (QED) is 0.753. The van der Waals surface area contributed by atoms with Gasteiger partial charge in [0.05, 0.1) is 13.2 Å². The van der Waals surface area contributed by atoms with E-state index in [0.29, 0.717) is 38.8 Å². The van der Waals surface area contributed by atoms with Crippen LogP contribution in [0.3, 0.4) is 0 Å². The van der Waals surface area contributed by atoms with E-state index in [9.17, 15) is 9.59 Å². The molecule has 0 radical (unpaired) electrons. The molecular formula is C17H30N4O3. The summed E-state index contributed by atoms with van der Waals surface area (Å²) >= 11 is 0. The van der Waals surface area contributed by atoms with Crippen LogP contribution in [-0.2, 0) is 14.3 Å². The molecule has 24 heavy (non-hydrogen) atoms. The van der Waals surface area contributed by atoms with Crippen molar-refractivity contribution in [3.8, 4) is 0 Å². The monoisotopic (exact) mass is 338 g/mol. The van der Waals surface area contributed by atoms with Gasteiger partial charge in [0, 0.05) is 51.9 Å². The fraction of sp³-hybridized carbons (Fsp3) is 0.882. The highest BCUT2D eigenvalue weighted by Gasteiger charge is 2.31. The van der Waals surface area contributed by atoms with Crippen molar-refractivity contribution in [1.82, 2.24) is 20.0 Å². The molecule has 0 aromatic carbocycles. The number of piperazine rings is 1. The van der Waals surface area contributed by atoms with Gasteiger partial charge in [-0.2, -0.15) is 0 Å². The predicted octanol–water partition coefficient (Wildman–Crippen LogP) is -0.480. The van der Waals surface area contributed by atoms with Crippen molar-refractivity contribution >= 4 is 11.8 Å². The van der Waals surface area contributed by atoms with E-state index in [1.807, 2.05) is 9.80 Å². The van der Waals surface area contributed by atoms with Crippen molar-refractivity contribution in [2.24, 2.45) is 0 Å². The number of carbonyl (C=O) groups is 2. The topological polar surface area (TPSA) is 65.1 Å². The number of likely N-dealkylation sites (tertiary alicyclic amines) is 1. The van der Waals surface area contributed by atoms with Crippen LogP contribution in [0, 0.1) is 0 Å². The molecule has 2 unspecified atom stereocenters. The molecule has 7 nitrogen and oxygen atoms in total. The number of nitrogens with zero attached hydrogens (tertiary/aromatic N) is 3. The lowest BCUT2D eigenvalue weighted by Crippen LogP contribution is -2.56. The zero-order valence-corrected chi connectivity index (χ0v) is 14.7. The average Bonchev–Trinajstić information content (AvgIpc) is 2.63. The first-order valence-electron chi connectivity index (χ1n) is 9.28. The van der Waals surface area contributed by atoms with Crippen molar-refractivity contribution in [3.05, 3.63) is 0 Å². The summed E-state index contributed by atoms with van der Waals surface area (Å²) in [6.07, 6.45) is 3.11. The molecule has 0 aliphatic carbocycles. The molecule has 3 aliphatic heterocycles. The molecule has 3 saturated heterocycles. The van der Waals surface area contributed by atoms with Gasteiger partial charge in [-0.05, 0) is 26.2 Å². The van der Waals surface area contributed by atoms with Crippen LogP contribution in [-0.4, -0.2) is 97.6 Å². The van der Waals surface area contributed by atoms with Crippen LogP contribution in [0.2, 0.25) is 0 Å². The van der Waals surface area contributed by atoms with E-state index in [2.05, 4.69) is 17.1 Å². The molecule has 2 amide bonds. The molecule has 7 heteroatoms. The zero-order valence-electron chi connectivity index (χ0n) is 14.7. The van der Waals surface area contributed by atoms with Crippen LogP contribution in [0.5, 0.6) is 0 Å². The standard InChI is InChI=1S/C17H30N4O3/c1-14-4-2-3-6-21(14)16(22)13-19-7-9-20(10-8-19)17(23)15-12-18-5-11-24-15/h14-15,18H,2-13H2,1H3. The smallest absolute Gasteiger partial charge is 0.253 e. The van der Waals surface area contributed by atoms with Crippen LogP contribution in [0.15, 0.2) is 0 Å². The largest absolute Gasteiger partial charge is 0.366 e. The summed E-state index contributed by atoms with van der Waals surface area (Å²) in [5.41, 5.74) is 0. The maximum atomic E-state index is 12.5. The number of piperidine rings is 1. The van der Waals surface area contributed by atoms with E-state index >= 15 is 0 Å². The van der Waals surface area contributed by atoms with Crippen molar-refractivity contribution in [3.63, 3.8) is 0 Å². The Bertz CT molecular complexity index is 445. The van der Waals surface area contributed by atoms with Gasteiger partial charge in [-0.15, -0.1) is 0 Å². The fourth-order valence-electron chi connectivity index (χ4n) is 3.80. The Labute approximate surface area is 144 Å². The normalized spacial score (nSPS) is 29.5. The first-order chi connectivity index (χ1) is 11.6. The molecule has 3 aliphatic rings. The summed E-state index contributed by atoms with van der Waals surface area (Å²) < 4.78 is 5.55. The molecule has 3 rings (SSSR count). The van der Waals surface area contributed by atoms with Crippen molar-refractivity contribution in [2.75, 3.05) is 59.0 Å². The Kier molecular flexibility index (Phi) is 6.08. The number of morpholine rings is 1. The molecule has 0 spiro atoms. The zero-order chi connectivity index (χ0) is 16.9. The number of carbonyl (C=O) groups excluding carboxylic acids is 2. The van der Waals surface area contributed by atoms with Gasteiger partial charge in [-0.3, -0.25) is 14.5 Å². The van der Waals surface area contributed by atoms with Crippen molar-refractivity contribution in [2.45, 2.75) is 38.3 Å². The van der Waals surface area contributed by atoms with Gasteiger partial charge in [0.1, 0.15) is 6.10 Å². The molecule has 0 saturated carbocycles. The first-order valence-corrected chi connectivity index (χ1v) is 9.28. The van der Waals surface area contributed by atoms with Crippen molar-refractivity contribution < 1.29 is 14.3 Å². The van der Waals surface area contributed by atoms with Gasteiger partial charge in [-0.25, -0.2) is 0 Å². The Hall–Kier alpha value is -1.18. The van der Waals surface area contributed by atoms with Crippen LogP contribution in [0.4, 0.5) is 0 Å². The summed E-state index contributed by atoms with van der Waals surface area (Å²) in [7, 11) is 0. The van der Waals surface area contributed by atoms with Gasteiger partial charge >= 0.3 is 0 Å². The highest BCUT2D eigenvalue weighted by molar-refractivity contribution is 5.81. The van der Waals surface area contributed by atoms with Crippen LogP contribution in [0.1, 0.15) is 26.2 Å². The predicted molar refractivity (Wildman–Crippen MR) is 90.7 cm³/mol. The number of rotatable bonds is 3. The second kappa shape index (κ2) is 8.27. The SMILES string of the molecule is CC1CCCCN1C(=O)CN1CCN(C(=O)C2CNCCO2)CC1. The van der Waals surface area contributed by atoms with E-state index in [1.165, 1.54) is 6.42 Å². The number of hydrogen-bond donors (Lipinski definition) is 1. The molecule has 1 N–H and O–H groups in total. The Morgan fingerprint density at radius 3 is 2.58 bits per heavy atom. The lowest BCUT2D eigenvalue weighted by atomic mass is 10.0. The van der Waals surface area contributed by atoms with E-state index in [-0.39, 0.29) is 17.9 Å². The minimum absolute atomic E-state index is 0.0813. The van der Waals surface area contributed by atoms with Gasteiger partial charge in [-0.1, -0.05) is 0 Å². The molecular weight excluding hydrogens is 308 g/mol. The maximum Gasteiger partial charge on any atom is 0.253 e. The van der Waals surface area contributed by atoms with Crippen LogP contribution in [0.25, 0.3) is 0 Å². The van der Waals surface area contributed by atoms with E-state index in [0.717, 1.165) is 39.0 Å². The second-order valence-corrected chi connectivity index (χ2v) is 7.10. The molecule has 0 aromatic rings. The van der Waals surface area contributed by atoms with Crippen LogP contribution >= 0.6 is 0 Å². The third kappa shape index (κ3) is 4.26. The molecule has 0 bridgehead atoms. The molecule has 0 aromatic heterocycles. The maximum absolute atomic E-state index is 12.5. The third-order valence-electron chi connectivity index (χ3n) is 5.37. The summed E-state index contributed by atoms with van der Waals surface area (Å²) in [5, 5.41) is 3.20. The minimum atomic E-state index is -0.346. The Morgan fingerprint density at radius 1 is 1.12 bits per heavy atom. The van der Waals surface area contributed by atoms with Gasteiger partial charge in [0.25, 0.3) is 5.91 Å². The summed E-state index contributed by atoms with van der Waals surface area (Å²) in [5.74, 6) is 0.319. The van der Waals surface area contributed by atoms with E-state index in [4.69, 9.17) is 4.74 Å². The van der Waals surface area contributed by atoms with E-state index in [1.54, 1.807) is 0 Å². The second-order valence-electron chi connectivity index (χ2n) is 7.10. The number of nitrogens with one attached hydrogen (secondary N) is 1. The Morgan fingerprint density at radius 2 is 1.92 bits per heavy atom. The van der Waals surface area contributed by atoms with Gasteiger partial charge in [0.2, 0.25) is 5.91 Å². The van der Waals surface area contributed by atoms with Gasteiger partial charge < -0.3 is 19.9 Å². The summed E-state index contributed by atoms with van der Waals surface area (Å²) in [6.45, 7) is 8.42. The average molecular weight is 338 g/mol. The highest BCUT2D eigenvalue weighted by Crippen LogP contribution is 2.17. The molecule has 136 valence electrons. The summed E-state index contributed by atoms with van der Waals surface area (Å²) in [4.78, 5) is 31.0. The van der Waals surface area contributed by atoms with E-state index < -0.39 is 0 Å². The number of amides is 2. The highest BCUT2D eigenvalue weighted by atomic mass is 16.5. The van der Waals surface area contributed by atoms with Crippen molar-refractivity contribution in [1.29, 1.82) is 0 Å². The third-order valence-corrected chi connectivity index (χ3v) is 5.37. The number of ether oxygens (including phenoxy) is 1. The first kappa shape index (κ1) is 17.6. The fourth-order valence-corrected chi connectivity index (χ4v) is 3.80. The lowest BCUT2D eigenvalue weighted by molar-refractivity contribution is -0.147. The van der Waals surface area contributed by atoms with Gasteiger partial charge in [0.15, 0.2) is 0 Å². The Balaban J connectivity index is 1.43. The molecule has 3 heterocycles. The molecule has 2 atom stereocenters. The van der Waals surface area contributed by atoms with Crippen LogP contribution < -0.4 is 5.32 Å². The minimum Gasteiger partial charge on any atom is -0.366 e. The number of hydrogen-bond acceptors (Lipinski definition) is 5.